The van der Waals surface area contributed by atoms with Gasteiger partial charge in [-0.25, -0.2) is 0 Å². The van der Waals surface area contributed by atoms with Crippen LogP contribution in [-0.2, 0) is 13.0 Å². The van der Waals surface area contributed by atoms with Crippen molar-refractivity contribution in [2.75, 3.05) is 0 Å². The summed E-state index contributed by atoms with van der Waals surface area (Å²) in [6.45, 7) is 0.726. The molecule has 0 aliphatic carbocycles. The zero-order chi connectivity index (χ0) is 16.9. The van der Waals surface area contributed by atoms with Gasteiger partial charge in [-0.15, -0.1) is 0 Å². The standard InChI is InChI=1S/C19H20N4O/c20-19(21)22-18(24)17-13-15-10-4-5-11-16(15)23(17)12-6-9-14-7-2-1-3-8-14/h1-5,7-8,10-11,13H,6,9,12H2,(H4,20,21,22,24). The number of amides is 1. The van der Waals surface area contributed by atoms with E-state index in [2.05, 4.69) is 17.1 Å². The highest BCUT2D eigenvalue weighted by Crippen LogP contribution is 2.21. The zero-order valence-corrected chi connectivity index (χ0v) is 13.4. The first-order valence-corrected chi connectivity index (χ1v) is 7.91. The van der Waals surface area contributed by atoms with E-state index in [1.807, 2.05) is 53.1 Å². The first kappa shape index (κ1) is 15.8. The van der Waals surface area contributed by atoms with Crippen LogP contribution in [0.3, 0.4) is 0 Å². The molecule has 0 spiro atoms. The monoisotopic (exact) mass is 320 g/mol. The Morgan fingerprint density at radius 2 is 1.71 bits per heavy atom. The van der Waals surface area contributed by atoms with Gasteiger partial charge in [0.05, 0.1) is 0 Å². The summed E-state index contributed by atoms with van der Waals surface area (Å²) in [5.41, 5.74) is 13.5. The summed E-state index contributed by atoms with van der Waals surface area (Å²) in [6, 6.07) is 20.0. The second-order valence-corrected chi connectivity index (χ2v) is 5.67. The minimum Gasteiger partial charge on any atom is -0.370 e. The molecule has 0 aliphatic heterocycles. The summed E-state index contributed by atoms with van der Waals surface area (Å²) in [4.78, 5) is 16.0. The van der Waals surface area contributed by atoms with Crippen LogP contribution in [0.1, 0.15) is 22.5 Å². The van der Waals surface area contributed by atoms with Gasteiger partial charge in [-0.1, -0.05) is 48.5 Å². The SMILES string of the molecule is NC(N)=NC(=O)c1cc2ccccc2n1CCCc1ccccc1. The van der Waals surface area contributed by atoms with E-state index in [0.29, 0.717) is 5.69 Å². The molecule has 1 amide bonds. The molecule has 1 heterocycles. The molecule has 5 heteroatoms. The number of nitrogens with zero attached hydrogens (tertiary/aromatic N) is 2. The molecule has 122 valence electrons. The number of rotatable bonds is 5. The number of fused-ring (bicyclic) bond motifs is 1. The lowest BCUT2D eigenvalue weighted by Gasteiger charge is -2.09. The third-order valence-electron chi connectivity index (χ3n) is 3.95. The van der Waals surface area contributed by atoms with Crippen LogP contribution in [0, 0.1) is 0 Å². The minimum absolute atomic E-state index is 0.221. The second-order valence-electron chi connectivity index (χ2n) is 5.67. The number of hydrogen-bond acceptors (Lipinski definition) is 1. The summed E-state index contributed by atoms with van der Waals surface area (Å²) >= 11 is 0. The molecule has 0 radical (unpaired) electrons. The Morgan fingerprint density at radius 3 is 2.46 bits per heavy atom. The van der Waals surface area contributed by atoms with E-state index in [-0.39, 0.29) is 5.96 Å². The largest absolute Gasteiger partial charge is 0.370 e. The zero-order valence-electron chi connectivity index (χ0n) is 13.4. The van der Waals surface area contributed by atoms with Crippen LogP contribution in [0.25, 0.3) is 10.9 Å². The van der Waals surface area contributed by atoms with Crippen molar-refractivity contribution in [1.82, 2.24) is 4.57 Å². The van der Waals surface area contributed by atoms with Gasteiger partial charge >= 0.3 is 0 Å². The van der Waals surface area contributed by atoms with Crippen molar-refractivity contribution in [3.8, 4) is 0 Å². The highest BCUT2D eigenvalue weighted by Gasteiger charge is 2.15. The highest BCUT2D eigenvalue weighted by molar-refractivity contribution is 6.04. The van der Waals surface area contributed by atoms with E-state index < -0.39 is 5.91 Å². The van der Waals surface area contributed by atoms with Crippen LogP contribution in [0.4, 0.5) is 0 Å². The molecule has 1 aromatic heterocycles. The van der Waals surface area contributed by atoms with E-state index in [0.717, 1.165) is 30.3 Å². The van der Waals surface area contributed by atoms with E-state index in [1.165, 1.54) is 5.56 Å². The molecule has 0 fully saturated rings. The fourth-order valence-corrected chi connectivity index (χ4v) is 2.89. The molecule has 0 atom stereocenters. The number of carbonyl (C=O) groups is 1. The summed E-state index contributed by atoms with van der Waals surface area (Å²) in [5, 5.41) is 1.01. The number of guanidine groups is 1. The Balaban J connectivity index is 1.87. The summed E-state index contributed by atoms with van der Waals surface area (Å²) < 4.78 is 1.99. The summed E-state index contributed by atoms with van der Waals surface area (Å²) in [5.74, 6) is -0.632. The summed E-state index contributed by atoms with van der Waals surface area (Å²) in [7, 11) is 0. The molecule has 0 saturated carbocycles. The molecule has 0 bridgehead atoms. The van der Waals surface area contributed by atoms with Gasteiger partial charge in [0.2, 0.25) is 0 Å². The number of aromatic nitrogens is 1. The number of nitrogens with two attached hydrogens (primary N) is 2. The number of carbonyl (C=O) groups excluding carboxylic acids is 1. The Kier molecular flexibility index (Phi) is 4.61. The quantitative estimate of drug-likeness (QED) is 0.560. The van der Waals surface area contributed by atoms with Gasteiger partial charge in [-0.3, -0.25) is 4.79 Å². The van der Waals surface area contributed by atoms with Crippen LogP contribution in [0.15, 0.2) is 65.7 Å². The smallest absolute Gasteiger partial charge is 0.296 e. The molecular weight excluding hydrogens is 300 g/mol. The molecule has 3 rings (SSSR count). The lowest BCUT2D eigenvalue weighted by atomic mass is 10.1. The van der Waals surface area contributed by atoms with Gasteiger partial charge in [-0.2, -0.15) is 4.99 Å². The van der Waals surface area contributed by atoms with Crippen molar-refractivity contribution in [2.45, 2.75) is 19.4 Å². The van der Waals surface area contributed by atoms with Gasteiger partial charge in [0, 0.05) is 17.4 Å². The predicted octanol–water partition coefficient (Wildman–Crippen LogP) is 2.69. The number of para-hydroxylation sites is 1. The average molecular weight is 320 g/mol. The molecule has 0 saturated heterocycles. The van der Waals surface area contributed by atoms with Gasteiger partial charge in [0.25, 0.3) is 5.91 Å². The number of aliphatic imine (C=N–C) groups is 1. The molecule has 3 aromatic rings. The molecular formula is C19H20N4O. The van der Waals surface area contributed by atoms with E-state index in [1.54, 1.807) is 0 Å². The van der Waals surface area contributed by atoms with Crippen molar-refractivity contribution < 1.29 is 4.79 Å². The van der Waals surface area contributed by atoms with Crippen LogP contribution in [0.2, 0.25) is 0 Å². The van der Waals surface area contributed by atoms with Crippen molar-refractivity contribution in [3.05, 3.63) is 71.9 Å². The van der Waals surface area contributed by atoms with Gasteiger partial charge in [0.15, 0.2) is 5.96 Å². The van der Waals surface area contributed by atoms with E-state index >= 15 is 0 Å². The Morgan fingerprint density at radius 1 is 1.00 bits per heavy atom. The number of hydrogen-bond donors (Lipinski definition) is 2. The van der Waals surface area contributed by atoms with Crippen LogP contribution in [-0.4, -0.2) is 16.4 Å². The van der Waals surface area contributed by atoms with E-state index in [9.17, 15) is 4.79 Å². The maximum Gasteiger partial charge on any atom is 0.296 e. The molecule has 4 N–H and O–H groups in total. The highest BCUT2D eigenvalue weighted by atomic mass is 16.1. The van der Waals surface area contributed by atoms with Gasteiger partial charge in [-0.05, 0) is 30.5 Å². The van der Waals surface area contributed by atoms with Gasteiger partial charge < -0.3 is 16.0 Å². The lowest BCUT2D eigenvalue weighted by Crippen LogP contribution is -2.24. The van der Waals surface area contributed by atoms with Crippen molar-refractivity contribution in [1.29, 1.82) is 0 Å². The Bertz CT molecular complexity index is 877. The maximum absolute atomic E-state index is 12.3. The molecule has 0 unspecified atom stereocenters. The third-order valence-corrected chi connectivity index (χ3v) is 3.95. The summed E-state index contributed by atoms with van der Waals surface area (Å²) in [6.07, 6.45) is 1.87. The Labute approximate surface area is 140 Å². The van der Waals surface area contributed by atoms with Gasteiger partial charge in [0.1, 0.15) is 5.69 Å². The van der Waals surface area contributed by atoms with Crippen LogP contribution < -0.4 is 11.5 Å². The lowest BCUT2D eigenvalue weighted by molar-refractivity contribution is 0.0994. The number of aryl methyl sites for hydroxylation is 2. The first-order valence-electron chi connectivity index (χ1n) is 7.91. The fourth-order valence-electron chi connectivity index (χ4n) is 2.89. The topological polar surface area (TPSA) is 86.4 Å². The predicted molar refractivity (Wildman–Crippen MR) is 96.8 cm³/mol. The van der Waals surface area contributed by atoms with Crippen molar-refractivity contribution >= 4 is 22.8 Å². The maximum atomic E-state index is 12.3. The fraction of sp³-hybridized carbons (Fsp3) is 0.158. The number of benzene rings is 2. The third kappa shape index (κ3) is 3.46. The normalized spacial score (nSPS) is 10.7. The minimum atomic E-state index is -0.411. The van der Waals surface area contributed by atoms with E-state index in [4.69, 9.17) is 11.5 Å². The van der Waals surface area contributed by atoms with Crippen LogP contribution >= 0.6 is 0 Å². The van der Waals surface area contributed by atoms with Crippen molar-refractivity contribution in [3.63, 3.8) is 0 Å². The average Bonchev–Trinajstić information content (AvgIpc) is 2.94. The Hall–Kier alpha value is -3.08. The second kappa shape index (κ2) is 7.00. The molecule has 5 nitrogen and oxygen atoms in total. The molecule has 0 aliphatic rings. The first-order chi connectivity index (χ1) is 11.6. The van der Waals surface area contributed by atoms with Crippen LogP contribution in [0.5, 0.6) is 0 Å². The van der Waals surface area contributed by atoms with Crippen molar-refractivity contribution in [2.24, 2.45) is 16.5 Å². The molecule has 24 heavy (non-hydrogen) atoms. The molecule has 2 aromatic carbocycles.